The molecule has 0 unspecified atom stereocenters. The summed E-state index contributed by atoms with van der Waals surface area (Å²) in [6, 6.07) is 20.5. The van der Waals surface area contributed by atoms with E-state index in [4.69, 9.17) is 0 Å². The van der Waals surface area contributed by atoms with E-state index in [0.717, 1.165) is 28.7 Å². The molecule has 1 N–H and O–H groups in total. The minimum atomic E-state index is -4.09. The Bertz CT molecular complexity index is 1410. The fourth-order valence-corrected chi connectivity index (χ4v) is 5.98. The second-order valence-electron chi connectivity index (χ2n) is 10.3. The van der Waals surface area contributed by atoms with Gasteiger partial charge in [0.2, 0.25) is 11.8 Å². The van der Waals surface area contributed by atoms with Gasteiger partial charge in [0.25, 0.3) is 10.0 Å². The SMILES string of the molecule is CC[C@@H](C)NC(=O)[C@@H](CC)N(Cc1ccc(C)cc1)C(=O)CN(c1cccc(C)c1C)S(=O)(=O)c1ccccc1. The lowest BCUT2D eigenvalue weighted by molar-refractivity contribution is -0.140. The molecule has 0 radical (unpaired) electrons. The van der Waals surface area contributed by atoms with Gasteiger partial charge in [-0.2, -0.15) is 0 Å². The van der Waals surface area contributed by atoms with Crippen LogP contribution in [0, 0.1) is 20.8 Å². The van der Waals surface area contributed by atoms with E-state index in [-0.39, 0.29) is 23.4 Å². The molecule has 3 aromatic carbocycles. The molecular formula is C32H41N3O4S. The quantitative estimate of drug-likeness (QED) is 0.314. The van der Waals surface area contributed by atoms with Crippen molar-refractivity contribution in [1.82, 2.24) is 10.2 Å². The molecular weight excluding hydrogens is 522 g/mol. The first-order valence-electron chi connectivity index (χ1n) is 13.8. The first-order valence-corrected chi connectivity index (χ1v) is 15.2. The number of nitrogens with zero attached hydrogens (tertiary/aromatic N) is 2. The number of aryl methyl sites for hydroxylation is 2. The monoisotopic (exact) mass is 563 g/mol. The van der Waals surface area contributed by atoms with Crippen molar-refractivity contribution in [2.45, 2.75) is 77.9 Å². The number of rotatable bonds is 12. The molecule has 8 heteroatoms. The Labute approximate surface area is 239 Å². The molecule has 0 heterocycles. The largest absolute Gasteiger partial charge is 0.352 e. The molecule has 7 nitrogen and oxygen atoms in total. The minimum absolute atomic E-state index is 0.0530. The van der Waals surface area contributed by atoms with Gasteiger partial charge in [0.05, 0.1) is 10.6 Å². The van der Waals surface area contributed by atoms with Gasteiger partial charge in [-0.15, -0.1) is 0 Å². The zero-order chi connectivity index (χ0) is 29.4. The summed E-state index contributed by atoms with van der Waals surface area (Å²) in [5, 5.41) is 3.00. The predicted molar refractivity (Wildman–Crippen MR) is 161 cm³/mol. The van der Waals surface area contributed by atoms with Gasteiger partial charge in [-0.25, -0.2) is 8.42 Å². The molecule has 0 aliphatic rings. The third kappa shape index (κ3) is 7.30. The summed E-state index contributed by atoms with van der Waals surface area (Å²) in [5.74, 6) is -0.700. The highest BCUT2D eigenvalue weighted by Crippen LogP contribution is 2.29. The molecule has 0 bridgehead atoms. The van der Waals surface area contributed by atoms with Crippen molar-refractivity contribution < 1.29 is 18.0 Å². The van der Waals surface area contributed by atoms with Crippen molar-refractivity contribution in [2.75, 3.05) is 10.8 Å². The third-order valence-corrected chi connectivity index (χ3v) is 9.09. The number of amides is 2. The van der Waals surface area contributed by atoms with E-state index in [9.17, 15) is 18.0 Å². The fourth-order valence-electron chi connectivity index (χ4n) is 4.49. The second kappa shape index (κ2) is 13.6. The number of anilines is 1. The summed E-state index contributed by atoms with van der Waals surface area (Å²) < 4.78 is 29.1. The van der Waals surface area contributed by atoms with E-state index < -0.39 is 28.5 Å². The molecule has 0 saturated carbocycles. The highest BCUT2D eigenvalue weighted by Gasteiger charge is 2.34. The lowest BCUT2D eigenvalue weighted by atomic mass is 10.1. The molecule has 0 aromatic heterocycles. The van der Waals surface area contributed by atoms with Crippen molar-refractivity contribution in [3.63, 3.8) is 0 Å². The first-order chi connectivity index (χ1) is 19.0. The summed E-state index contributed by atoms with van der Waals surface area (Å²) in [5.41, 5.74) is 4.05. The smallest absolute Gasteiger partial charge is 0.264 e. The lowest BCUT2D eigenvalue weighted by Crippen LogP contribution is -2.53. The van der Waals surface area contributed by atoms with E-state index in [1.165, 1.54) is 21.3 Å². The highest BCUT2D eigenvalue weighted by atomic mass is 32.2. The van der Waals surface area contributed by atoms with E-state index in [1.807, 2.05) is 71.9 Å². The summed E-state index contributed by atoms with van der Waals surface area (Å²) in [6.45, 7) is 11.2. The van der Waals surface area contributed by atoms with Crippen LogP contribution in [-0.4, -0.2) is 43.8 Å². The van der Waals surface area contributed by atoms with Crippen molar-refractivity contribution in [1.29, 1.82) is 0 Å². The molecule has 0 spiro atoms. The van der Waals surface area contributed by atoms with Crippen molar-refractivity contribution in [2.24, 2.45) is 0 Å². The number of hydrogen-bond acceptors (Lipinski definition) is 4. The molecule has 0 aliphatic carbocycles. The molecule has 40 heavy (non-hydrogen) atoms. The molecule has 0 fully saturated rings. The van der Waals surface area contributed by atoms with E-state index in [1.54, 1.807) is 30.3 Å². The topological polar surface area (TPSA) is 86.8 Å². The zero-order valence-corrected chi connectivity index (χ0v) is 25.2. The van der Waals surface area contributed by atoms with Crippen LogP contribution in [0.3, 0.4) is 0 Å². The maximum atomic E-state index is 14.2. The van der Waals surface area contributed by atoms with Crippen LogP contribution in [0.2, 0.25) is 0 Å². The van der Waals surface area contributed by atoms with Crippen LogP contribution in [0.1, 0.15) is 55.9 Å². The maximum Gasteiger partial charge on any atom is 0.264 e. The van der Waals surface area contributed by atoms with Crippen LogP contribution in [-0.2, 0) is 26.2 Å². The number of hydrogen-bond donors (Lipinski definition) is 1. The van der Waals surface area contributed by atoms with Gasteiger partial charge < -0.3 is 10.2 Å². The average molecular weight is 564 g/mol. The van der Waals surface area contributed by atoms with Crippen LogP contribution >= 0.6 is 0 Å². The summed E-state index contributed by atoms with van der Waals surface area (Å²) >= 11 is 0. The van der Waals surface area contributed by atoms with E-state index in [2.05, 4.69) is 5.32 Å². The predicted octanol–water partition coefficient (Wildman–Crippen LogP) is 5.53. The Kier molecular flexibility index (Phi) is 10.5. The fraction of sp³-hybridized carbons (Fsp3) is 0.375. The number of carbonyl (C=O) groups is 2. The average Bonchev–Trinajstić information content (AvgIpc) is 2.94. The van der Waals surface area contributed by atoms with Crippen molar-refractivity contribution >= 4 is 27.5 Å². The molecule has 2 amide bonds. The van der Waals surface area contributed by atoms with Crippen LogP contribution in [0.25, 0.3) is 0 Å². The Morgan fingerprint density at radius 1 is 0.850 bits per heavy atom. The zero-order valence-electron chi connectivity index (χ0n) is 24.3. The lowest BCUT2D eigenvalue weighted by Gasteiger charge is -2.34. The van der Waals surface area contributed by atoms with E-state index in [0.29, 0.717) is 12.1 Å². The van der Waals surface area contributed by atoms with Crippen molar-refractivity contribution in [3.05, 3.63) is 95.1 Å². The third-order valence-electron chi connectivity index (χ3n) is 7.32. The molecule has 3 rings (SSSR count). The first kappa shape index (κ1) is 30.9. The summed E-state index contributed by atoms with van der Waals surface area (Å²) in [7, 11) is -4.09. The van der Waals surface area contributed by atoms with Crippen molar-refractivity contribution in [3.8, 4) is 0 Å². The van der Waals surface area contributed by atoms with Crippen LogP contribution in [0.15, 0.2) is 77.7 Å². The molecule has 2 atom stereocenters. The Morgan fingerprint density at radius 2 is 1.50 bits per heavy atom. The Morgan fingerprint density at radius 3 is 2.10 bits per heavy atom. The molecule has 0 saturated heterocycles. The number of sulfonamides is 1. The summed E-state index contributed by atoms with van der Waals surface area (Å²) in [4.78, 5) is 29.2. The van der Waals surface area contributed by atoms with Gasteiger partial charge in [0, 0.05) is 12.6 Å². The van der Waals surface area contributed by atoms with Gasteiger partial charge >= 0.3 is 0 Å². The number of carbonyl (C=O) groups excluding carboxylic acids is 2. The van der Waals surface area contributed by atoms with Crippen LogP contribution < -0.4 is 9.62 Å². The molecule has 3 aromatic rings. The van der Waals surface area contributed by atoms with Gasteiger partial charge in [0.15, 0.2) is 0 Å². The Hall–Kier alpha value is -3.65. The molecule has 0 aliphatic heterocycles. The maximum absolute atomic E-state index is 14.2. The second-order valence-corrected chi connectivity index (χ2v) is 12.2. The number of benzene rings is 3. The summed E-state index contributed by atoms with van der Waals surface area (Å²) in [6.07, 6.45) is 1.14. The van der Waals surface area contributed by atoms with E-state index >= 15 is 0 Å². The molecule has 214 valence electrons. The van der Waals surface area contributed by atoms with Crippen LogP contribution in [0.4, 0.5) is 5.69 Å². The number of nitrogens with one attached hydrogen (secondary N) is 1. The standard InChI is InChI=1S/C32H41N3O4S/c1-7-25(5)33-32(37)29(8-2)34(21-27-19-17-23(3)18-20-27)31(36)22-35(30-16-12-13-24(4)26(30)6)40(38,39)28-14-10-9-11-15-28/h9-20,25,29H,7-8,21-22H2,1-6H3,(H,33,37)/t25-,29-/m1/s1. The Balaban J connectivity index is 2.08. The van der Waals surface area contributed by atoms with Gasteiger partial charge in [-0.05, 0) is 75.4 Å². The highest BCUT2D eigenvalue weighted by molar-refractivity contribution is 7.92. The minimum Gasteiger partial charge on any atom is -0.352 e. The van der Waals surface area contributed by atoms with Gasteiger partial charge in [-0.3, -0.25) is 13.9 Å². The normalized spacial score (nSPS) is 12.8. The van der Waals surface area contributed by atoms with Crippen LogP contribution in [0.5, 0.6) is 0 Å². The van der Waals surface area contributed by atoms with Gasteiger partial charge in [0.1, 0.15) is 12.6 Å². The van der Waals surface area contributed by atoms with Gasteiger partial charge in [-0.1, -0.05) is 74.0 Å².